The number of nitrogens with zero attached hydrogens (tertiary/aromatic N) is 2. The minimum atomic E-state index is -0.142. The molecule has 0 unspecified atom stereocenters. The van der Waals surface area contributed by atoms with Crippen LogP contribution in [-0.4, -0.2) is 16.2 Å². The fourth-order valence-electron chi connectivity index (χ4n) is 2.79. The first-order valence-electron chi connectivity index (χ1n) is 8.64. The first kappa shape index (κ1) is 19.9. The molecule has 1 amide bonds. The molecule has 0 radical (unpaired) electrons. The third kappa shape index (κ3) is 4.32. The summed E-state index contributed by atoms with van der Waals surface area (Å²) in [4.78, 5) is 20.1. The van der Waals surface area contributed by atoms with Gasteiger partial charge in [-0.15, -0.1) is 0 Å². The molecular weight excluding hydrogens is 516 g/mol. The highest BCUT2D eigenvalue weighted by atomic mass is 79.9. The van der Waals surface area contributed by atoms with Crippen LogP contribution in [0.4, 0.5) is 11.4 Å². The Morgan fingerprint density at radius 1 is 0.931 bits per heavy atom. The summed E-state index contributed by atoms with van der Waals surface area (Å²) in [6.07, 6.45) is 1.80. The van der Waals surface area contributed by atoms with Gasteiger partial charge in [0, 0.05) is 0 Å². The molecule has 0 saturated carbocycles. The van der Waals surface area contributed by atoms with E-state index in [0.29, 0.717) is 19.0 Å². The number of amidine groups is 1. The summed E-state index contributed by atoms with van der Waals surface area (Å²) in [5, 5.41) is 10.5. The fourth-order valence-corrected chi connectivity index (χ4v) is 5.01. The van der Waals surface area contributed by atoms with Gasteiger partial charge in [0.1, 0.15) is 5.75 Å². The smallest absolute Gasteiger partial charge is 0.271 e. The molecule has 144 valence electrons. The fraction of sp³-hybridized carbons (Fsp3) is 0. The van der Waals surface area contributed by atoms with E-state index in [-0.39, 0.29) is 11.7 Å². The van der Waals surface area contributed by atoms with Gasteiger partial charge in [0.2, 0.25) is 0 Å². The van der Waals surface area contributed by atoms with Crippen molar-refractivity contribution in [3.63, 3.8) is 0 Å². The average molecular weight is 530 g/mol. The third-order valence-corrected chi connectivity index (χ3v) is 6.32. The molecule has 0 aromatic heterocycles. The summed E-state index contributed by atoms with van der Waals surface area (Å²) in [6, 6.07) is 22.5. The number of halogens is 2. The van der Waals surface area contributed by atoms with Crippen molar-refractivity contribution in [1.29, 1.82) is 0 Å². The van der Waals surface area contributed by atoms with Gasteiger partial charge < -0.3 is 5.11 Å². The van der Waals surface area contributed by atoms with Crippen molar-refractivity contribution < 1.29 is 9.90 Å². The van der Waals surface area contributed by atoms with Crippen molar-refractivity contribution in [2.24, 2.45) is 4.99 Å². The van der Waals surface area contributed by atoms with Crippen molar-refractivity contribution >= 4 is 72.1 Å². The van der Waals surface area contributed by atoms with Gasteiger partial charge in [-0.1, -0.05) is 36.4 Å². The van der Waals surface area contributed by atoms with Gasteiger partial charge in [-0.2, -0.15) is 0 Å². The van der Waals surface area contributed by atoms with Gasteiger partial charge in [0.15, 0.2) is 5.17 Å². The highest BCUT2D eigenvalue weighted by Gasteiger charge is 2.34. The highest BCUT2D eigenvalue weighted by molar-refractivity contribution is 9.11. The lowest BCUT2D eigenvalue weighted by molar-refractivity contribution is -0.113. The molecule has 1 heterocycles. The number of phenols is 1. The van der Waals surface area contributed by atoms with E-state index in [1.165, 1.54) is 11.8 Å². The number of hydrogen-bond donors (Lipinski definition) is 1. The van der Waals surface area contributed by atoms with Crippen LogP contribution in [0, 0.1) is 0 Å². The number of aliphatic imine (C=N–C) groups is 1. The molecule has 1 aliphatic rings. The Morgan fingerprint density at radius 2 is 1.52 bits per heavy atom. The van der Waals surface area contributed by atoms with E-state index in [1.807, 2.05) is 60.7 Å². The van der Waals surface area contributed by atoms with Gasteiger partial charge in [0.25, 0.3) is 5.91 Å². The Bertz CT molecular complexity index is 1110. The Morgan fingerprint density at radius 3 is 2.14 bits per heavy atom. The Kier molecular flexibility index (Phi) is 5.89. The molecule has 1 fully saturated rings. The van der Waals surface area contributed by atoms with Crippen LogP contribution >= 0.6 is 43.6 Å². The van der Waals surface area contributed by atoms with Crippen LogP contribution < -0.4 is 4.90 Å². The van der Waals surface area contributed by atoms with E-state index < -0.39 is 0 Å². The lowest BCUT2D eigenvalue weighted by atomic mass is 10.2. The maximum atomic E-state index is 13.2. The normalized spacial score (nSPS) is 16.8. The second kappa shape index (κ2) is 8.57. The van der Waals surface area contributed by atoms with Gasteiger partial charge in [-0.25, -0.2) is 4.99 Å². The minimum absolute atomic E-state index is 0.120. The van der Waals surface area contributed by atoms with Crippen molar-refractivity contribution in [3.8, 4) is 5.75 Å². The van der Waals surface area contributed by atoms with Crippen molar-refractivity contribution in [1.82, 2.24) is 0 Å². The lowest BCUT2D eigenvalue weighted by Gasteiger charge is -2.15. The second-order valence-electron chi connectivity index (χ2n) is 6.15. The molecule has 1 saturated heterocycles. The number of benzene rings is 3. The third-order valence-electron chi connectivity index (χ3n) is 4.14. The molecule has 0 aliphatic carbocycles. The molecule has 0 spiro atoms. The van der Waals surface area contributed by atoms with E-state index in [2.05, 4.69) is 31.9 Å². The van der Waals surface area contributed by atoms with Gasteiger partial charge in [0.05, 0.1) is 25.2 Å². The highest BCUT2D eigenvalue weighted by Crippen LogP contribution is 2.39. The van der Waals surface area contributed by atoms with Crippen LogP contribution in [0.1, 0.15) is 5.56 Å². The zero-order chi connectivity index (χ0) is 20.4. The topological polar surface area (TPSA) is 52.9 Å². The van der Waals surface area contributed by atoms with E-state index in [1.54, 1.807) is 23.1 Å². The van der Waals surface area contributed by atoms with Crippen LogP contribution in [0.3, 0.4) is 0 Å². The summed E-state index contributed by atoms with van der Waals surface area (Å²) >= 11 is 7.98. The Balaban J connectivity index is 1.78. The van der Waals surface area contributed by atoms with Crippen LogP contribution in [0.15, 0.2) is 91.6 Å². The summed E-state index contributed by atoms with van der Waals surface area (Å²) < 4.78 is 1.10. The maximum absolute atomic E-state index is 13.2. The number of thioether (sulfide) groups is 1. The SMILES string of the molecule is O=C1C(=Cc2cc(Br)c(O)c(Br)c2)SC(=Nc2ccccc2)N1c1ccccc1. The quantitative estimate of drug-likeness (QED) is 0.383. The van der Waals surface area contributed by atoms with Crippen molar-refractivity contribution in [3.05, 3.63) is 92.2 Å². The Labute approximate surface area is 189 Å². The molecular formula is C22H14Br2N2O2S. The molecule has 4 rings (SSSR count). The number of para-hydroxylation sites is 2. The average Bonchev–Trinajstić information content (AvgIpc) is 3.02. The molecule has 1 aliphatic heterocycles. The van der Waals surface area contributed by atoms with Gasteiger partial charge in [-0.3, -0.25) is 9.69 Å². The van der Waals surface area contributed by atoms with E-state index >= 15 is 0 Å². The molecule has 3 aromatic rings. The molecule has 1 N–H and O–H groups in total. The number of anilines is 1. The number of carbonyl (C=O) groups is 1. The second-order valence-corrected chi connectivity index (χ2v) is 8.87. The van der Waals surface area contributed by atoms with E-state index in [0.717, 1.165) is 16.9 Å². The standard InChI is InChI=1S/C22H14Br2N2O2S/c23-17-11-14(12-18(24)20(17)27)13-19-21(28)26(16-9-5-2-6-10-16)22(29-19)25-15-7-3-1-4-8-15/h1-13,27H. The molecule has 4 nitrogen and oxygen atoms in total. The van der Waals surface area contributed by atoms with Crippen LogP contribution in [0.2, 0.25) is 0 Å². The van der Waals surface area contributed by atoms with Crippen LogP contribution in [0.25, 0.3) is 6.08 Å². The number of aromatic hydroxyl groups is 1. The summed E-state index contributed by atoms with van der Waals surface area (Å²) in [5.74, 6) is -0.0222. The summed E-state index contributed by atoms with van der Waals surface area (Å²) in [6.45, 7) is 0. The van der Waals surface area contributed by atoms with Crippen LogP contribution in [-0.2, 0) is 4.79 Å². The summed E-state index contributed by atoms with van der Waals surface area (Å²) in [5.41, 5.74) is 2.32. The summed E-state index contributed by atoms with van der Waals surface area (Å²) in [7, 11) is 0. The lowest BCUT2D eigenvalue weighted by Crippen LogP contribution is -2.28. The Hall–Kier alpha value is -2.35. The van der Waals surface area contributed by atoms with Gasteiger partial charge >= 0.3 is 0 Å². The molecule has 0 atom stereocenters. The number of hydrogen-bond acceptors (Lipinski definition) is 4. The van der Waals surface area contributed by atoms with E-state index in [4.69, 9.17) is 4.99 Å². The monoisotopic (exact) mass is 528 g/mol. The number of phenolic OH excluding ortho intramolecular Hbond substituents is 1. The zero-order valence-corrected chi connectivity index (χ0v) is 18.9. The molecule has 0 bridgehead atoms. The predicted molar refractivity (Wildman–Crippen MR) is 127 cm³/mol. The number of carbonyl (C=O) groups excluding carboxylic acids is 1. The van der Waals surface area contributed by atoms with Crippen molar-refractivity contribution in [2.75, 3.05) is 4.90 Å². The van der Waals surface area contributed by atoms with Gasteiger partial charge in [-0.05, 0) is 91.7 Å². The molecule has 29 heavy (non-hydrogen) atoms. The number of amides is 1. The zero-order valence-electron chi connectivity index (χ0n) is 14.9. The van der Waals surface area contributed by atoms with E-state index in [9.17, 15) is 9.90 Å². The predicted octanol–water partition coefficient (Wildman–Crippen LogP) is 6.73. The first-order chi connectivity index (χ1) is 14.0. The van der Waals surface area contributed by atoms with Crippen LogP contribution in [0.5, 0.6) is 5.75 Å². The molecule has 7 heteroatoms. The minimum Gasteiger partial charge on any atom is -0.506 e. The number of rotatable bonds is 3. The molecule has 3 aromatic carbocycles. The van der Waals surface area contributed by atoms with Crippen molar-refractivity contribution in [2.45, 2.75) is 0 Å². The maximum Gasteiger partial charge on any atom is 0.271 e. The first-order valence-corrected chi connectivity index (χ1v) is 11.0. The largest absolute Gasteiger partial charge is 0.506 e.